The predicted octanol–water partition coefficient (Wildman–Crippen LogP) is 4.23. The maximum absolute atomic E-state index is 12.8. The zero-order valence-electron chi connectivity index (χ0n) is 17.2. The third-order valence-electron chi connectivity index (χ3n) is 5.49. The zero-order chi connectivity index (χ0) is 21.0. The van der Waals surface area contributed by atoms with Gasteiger partial charge in [0, 0.05) is 36.2 Å². The average Bonchev–Trinajstić information content (AvgIpc) is 3.43. The summed E-state index contributed by atoms with van der Waals surface area (Å²) in [6, 6.07) is 16.2. The molecule has 4 aromatic rings. The number of anilines is 1. The predicted molar refractivity (Wildman–Crippen MR) is 124 cm³/mol. The van der Waals surface area contributed by atoms with E-state index in [1.165, 1.54) is 15.6 Å². The Labute approximate surface area is 185 Å². The van der Waals surface area contributed by atoms with Crippen molar-refractivity contribution in [3.05, 3.63) is 83.0 Å². The normalized spacial score (nSPS) is 14.7. The molecule has 0 unspecified atom stereocenters. The summed E-state index contributed by atoms with van der Waals surface area (Å²) in [5, 5.41) is 10.8. The van der Waals surface area contributed by atoms with E-state index in [2.05, 4.69) is 32.8 Å². The number of benzene rings is 2. The van der Waals surface area contributed by atoms with Crippen LogP contribution in [0.4, 0.5) is 5.69 Å². The molecule has 0 bridgehead atoms. The van der Waals surface area contributed by atoms with Crippen LogP contribution in [-0.4, -0.2) is 46.9 Å². The molecule has 2 aromatic heterocycles. The third-order valence-corrected chi connectivity index (χ3v) is 6.50. The van der Waals surface area contributed by atoms with E-state index < -0.39 is 0 Å². The maximum atomic E-state index is 12.8. The molecule has 1 N–H and O–H groups in total. The van der Waals surface area contributed by atoms with Gasteiger partial charge in [0.1, 0.15) is 0 Å². The first kappa shape index (κ1) is 19.9. The highest BCUT2D eigenvalue weighted by atomic mass is 32.1. The molecule has 2 aromatic carbocycles. The SMILES string of the molecule is O=C(Nc1ccc2scc(CN3CCOCC3)c2c1)c1cnn(Cc2ccccc2)c1. The Bertz CT molecular complexity index is 1180. The third kappa shape index (κ3) is 4.69. The number of aromatic nitrogens is 2. The summed E-state index contributed by atoms with van der Waals surface area (Å²) in [5.74, 6) is -0.149. The van der Waals surface area contributed by atoms with Crippen LogP contribution < -0.4 is 5.32 Å². The average molecular weight is 433 g/mol. The van der Waals surface area contributed by atoms with Gasteiger partial charge in [-0.25, -0.2) is 0 Å². The lowest BCUT2D eigenvalue weighted by Crippen LogP contribution is -2.35. The van der Waals surface area contributed by atoms with E-state index in [9.17, 15) is 4.79 Å². The summed E-state index contributed by atoms with van der Waals surface area (Å²) in [5.41, 5.74) is 3.80. The Balaban J connectivity index is 1.28. The summed E-state index contributed by atoms with van der Waals surface area (Å²) >= 11 is 1.75. The van der Waals surface area contributed by atoms with Crippen LogP contribution in [0.1, 0.15) is 21.5 Å². The molecule has 7 heteroatoms. The van der Waals surface area contributed by atoms with Gasteiger partial charge in [0.05, 0.1) is 31.5 Å². The Morgan fingerprint density at radius 1 is 1.10 bits per heavy atom. The molecule has 0 aliphatic carbocycles. The highest BCUT2D eigenvalue weighted by molar-refractivity contribution is 7.17. The van der Waals surface area contributed by atoms with Gasteiger partial charge in [0.2, 0.25) is 0 Å². The van der Waals surface area contributed by atoms with Gasteiger partial charge in [0.15, 0.2) is 0 Å². The first-order valence-electron chi connectivity index (χ1n) is 10.4. The second-order valence-corrected chi connectivity index (χ2v) is 8.64. The van der Waals surface area contributed by atoms with Gasteiger partial charge in [-0.15, -0.1) is 11.3 Å². The maximum Gasteiger partial charge on any atom is 0.258 e. The van der Waals surface area contributed by atoms with E-state index >= 15 is 0 Å². The van der Waals surface area contributed by atoms with Crippen molar-refractivity contribution in [2.45, 2.75) is 13.1 Å². The van der Waals surface area contributed by atoms with Crippen molar-refractivity contribution < 1.29 is 9.53 Å². The minimum Gasteiger partial charge on any atom is -0.379 e. The lowest BCUT2D eigenvalue weighted by molar-refractivity contribution is 0.0344. The lowest BCUT2D eigenvalue weighted by atomic mass is 10.1. The van der Waals surface area contributed by atoms with E-state index in [1.807, 2.05) is 36.4 Å². The molecule has 0 atom stereocenters. The number of hydrogen-bond acceptors (Lipinski definition) is 5. The van der Waals surface area contributed by atoms with Gasteiger partial charge < -0.3 is 10.1 Å². The molecule has 0 spiro atoms. The van der Waals surface area contributed by atoms with E-state index in [4.69, 9.17) is 4.74 Å². The van der Waals surface area contributed by atoms with Crippen molar-refractivity contribution in [2.75, 3.05) is 31.6 Å². The van der Waals surface area contributed by atoms with E-state index in [1.54, 1.807) is 28.4 Å². The van der Waals surface area contributed by atoms with Crippen molar-refractivity contribution in [3.63, 3.8) is 0 Å². The number of carbonyl (C=O) groups is 1. The smallest absolute Gasteiger partial charge is 0.258 e. The zero-order valence-corrected chi connectivity index (χ0v) is 18.0. The first-order valence-corrected chi connectivity index (χ1v) is 11.3. The van der Waals surface area contributed by atoms with E-state index in [0.717, 1.165) is 44.1 Å². The van der Waals surface area contributed by atoms with Gasteiger partial charge in [-0.05, 0) is 40.1 Å². The van der Waals surface area contributed by atoms with Gasteiger partial charge in [-0.2, -0.15) is 5.10 Å². The van der Waals surface area contributed by atoms with E-state index in [0.29, 0.717) is 12.1 Å². The fraction of sp³-hybridized carbons (Fsp3) is 0.250. The number of nitrogens with one attached hydrogen (secondary N) is 1. The Morgan fingerprint density at radius 2 is 1.94 bits per heavy atom. The summed E-state index contributed by atoms with van der Waals surface area (Å²) in [4.78, 5) is 15.2. The van der Waals surface area contributed by atoms with Gasteiger partial charge in [-0.1, -0.05) is 30.3 Å². The molecular formula is C24H24N4O2S. The molecule has 1 saturated heterocycles. The van der Waals surface area contributed by atoms with Crippen LogP contribution in [-0.2, 0) is 17.8 Å². The molecule has 1 aliphatic heterocycles. The summed E-state index contributed by atoms with van der Waals surface area (Å²) < 4.78 is 8.47. The number of amides is 1. The second-order valence-electron chi connectivity index (χ2n) is 7.73. The minimum atomic E-state index is -0.149. The number of hydrogen-bond donors (Lipinski definition) is 1. The number of thiophene rings is 1. The Hall–Kier alpha value is -3.00. The number of ether oxygens (including phenoxy) is 1. The van der Waals surface area contributed by atoms with Gasteiger partial charge in [0.25, 0.3) is 5.91 Å². The molecule has 5 rings (SSSR count). The van der Waals surface area contributed by atoms with Crippen LogP contribution in [0.2, 0.25) is 0 Å². The Morgan fingerprint density at radius 3 is 2.77 bits per heavy atom. The fourth-order valence-electron chi connectivity index (χ4n) is 3.82. The second kappa shape index (κ2) is 9.01. The van der Waals surface area contributed by atoms with Crippen molar-refractivity contribution >= 4 is 33.0 Å². The van der Waals surface area contributed by atoms with Crippen molar-refractivity contribution in [1.29, 1.82) is 0 Å². The van der Waals surface area contributed by atoms with Crippen molar-refractivity contribution in [1.82, 2.24) is 14.7 Å². The van der Waals surface area contributed by atoms with Crippen LogP contribution in [0.3, 0.4) is 0 Å². The summed E-state index contributed by atoms with van der Waals surface area (Å²) in [6.45, 7) is 5.05. The molecule has 1 aliphatic rings. The molecule has 3 heterocycles. The molecular weight excluding hydrogens is 408 g/mol. The van der Waals surface area contributed by atoms with Crippen LogP contribution in [0.25, 0.3) is 10.1 Å². The molecule has 1 fully saturated rings. The standard InChI is InChI=1S/C24H24N4O2S/c29-24(19-13-25-28(16-19)14-18-4-2-1-3-5-18)26-21-6-7-23-22(12-21)20(17-31-23)15-27-8-10-30-11-9-27/h1-7,12-13,16-17H,8-11,14-15H2,(H,26,29). The van der Waals surface area contributed by atoms with Crippen LogP contribution in [0, 0.1) is 0 Å². The van der Waals surface area contributed by atoms with Crippen LogP contribution in [0.15, 0.2) is 66.3 Å². The highest BCUT2D eigenvalue weighted by Crippen LogP contribution is 2.30. The number of rotatable bonds is 6. The topological polar surface area (TPSA) is 59.4 Å². The molecule has 0 radical (unpaired) electrons. The van der Waals surface area contributed by atoms with Crippen molar-refractivity contribution in [2.24, 2.45) is 0 Å². The Kier molecular flexibility index (Phi) is 5.80. The van der Waals surface area contributed by atoms with Gasteiger partial charge in [-0.3, -0.25) is 14.4 Å². The fourth-order valence-corrected chi connectivity index (χ4v) is 4.76. The number of morpholine rings is 1. The van der Waals surface area contributed by atoms with E-state index in [-0.39, 0.29) is 5.91 Å². The first-order chi connectivity index (χ1) is 15.2. The molecule has 158 valence electrons. The number of carbonyl (C=O) groups excluding carboxylic acids is 1. The van der Waals surface area contributed by atoms with Crippen LogP contribution in [0.5, 0.6) is 0 Å². The highest BCUT2D eigenvalue weighted by Gasteiger charge is 2.15. The number of fused-ring (bicyclic) bond motifs is 1. The summed E-state index contributed by atoms with van der Waals surface area (Å²) in [7, 11) is 0. The molecule has 6 nitrogen and oxygen atoms in total. The monoisotopic (exact) mass is 432 g/mol. The molecule has 0 saturated carbocycles. The molecule has 31 heavy (non-hydrogen) atoms. The summed E-state index contributed by atoms with van der Waals surface area (Å²) in [6.07, 6.45) is 3.40. The quantitative estimate of drug-likeness (QED) is 0.495. The number of nitrogens with zero attached hydrogens (tertiary/aromatic N) is 3. The minimum absolute atomic E-state index is 0.149. The lowest BCUT2D eigenvalue weighted by Gasteiger charge is -2.26. The van der Waals surface area contributed by atoms with Crippen molar-refractivity contribution in [3.8, 4) is 0 Å². The molecule has 1 amide bonds. The van der Waals surface area contributed by atoms with Gasteiger partial charge >= 0.3 is 0 Å². The largest absolute Gasteiger partial charge is 0.379 e. The van der Waals surface area contributed by atoms with Crippen LogP contribution >= 0.6 is 11.3 Å².